The molecule has 0 fully saturated rings. The summed E-state index contributed by atoms with van der Waals surface area (Å²) in [7, 11) is 0. The van der Waals surface area contributed by atoms with Gasteiger partial charge in [0.1, 0.15) is 11.5 Å². The molecule has 1 N–H and O–H groups in total. The quantitative estimate of drug-likeness (QED) is 0.630. The topological polar surface area (TPSA) is 60.5 Å². The van der Waals surface area contributed by atoms with E-state index in [9.17, 15) is 4.79 Å². The first kappa shape index (κ1) is 18.9. The molecule has 0 aliphatic carbocycles. The van der Waals surface area contributed by atoms with E-state index in [4.69, 9.17) is 9.47 Å². The van der Waals surface area contributed by atoms with Crippen molar-refractivity contribution in [3.8, 4) is 22.8 Å². The van der Waals surface area contributed by atoms with Crippen LogP contribution in [0.2, 0.25) is 0 Å². The van der Waals surface area contributed by atoms with Crippen molar-refractivity contribution < 1.29 is 14.3 Å². The smallest absolute Gasteiger partial charge is 0.266 e. The summed E-state index contributed by atoms with van der Waals surface area (Å²) in [5.74, 6) is 1.26. The van der Waals surface area contributed by atoms with Crippen molar-refractivity contribution in [2.24, 2.45) is 0 Å². The Morgan fingerprint density at radius 3 is 2.44 bits per heavy atom. The maximum Gasteiger partial charge on any atom is 0.266 e. The average molecular weight is 382 g/mol. The van der Waals surface area contributed by atoms with Crippen LogP contribution in [0.3, 0.4) is 0 Å². The van der Waals surface area contributed by atoms with Gasteiger partial charge < -0.3 is 9.47 Å². The number of rotatable bonds is 7. The van der Waals surface area contributed by atoms with E-state index in [1.807, 2.05) is 67.8 Å². The van der Waals surface area contributed by atoms with Gasteiger partial charge in [0.15, 0.2) is 11.2 Å². The Morgan fingerprint density at radius 2 is 1.78 bits per heavy atom. The van der Waals surface area contributed by atoms with Crippen molar-refractivity contribution in [1.82, 2.24) is 4.98 Å². The molecule has 5 nitrogen and oxygen atoms in total. The number of carbonyl (C=O) groups excluding carboxylic acids is 1. The van der Waals surface area contributed by atoms with Crippen molar-refractivity contribution in [1.29, 1.82) is 0 Å². The average Bonchev–Trinajstić information content (AvgIpc) is 3.13. The van der Waals surface area contributed by atoms with Gasteiger partial charge in [-0.25, -0.2) is 4.98 Å². The molecular weight excluding hydrogens is 360 g/mol. The minimum absolute atomic E-state index is 0.233. The Bertz CT molecular complexity index is 889. The lowest BCUT2D eigenvalue weighted by atomic mass is 10.2. The highest BCUT2D eigenvalue weighted by molar-refractivity contribution is 7.14. The Morgan fingerprint density at radius 1 is 1.11 bits per heavy atom. The number of aryl methyl sites for hydroxylation is 1. The third-order valence-corrected chi connectivity index (χ3v) is 4.66. The van der Waals surface area contributed by atoms with Crippen LogP contribution in [0.1, 0.15) is 19.4 Å². The number of aromatic nitrogens is 1. The molecule has 1 atom stereocenters. The molecule has 6 heteroatoms. The van der Waals surface area contributed by atoms with E-state index in [2.05, 4.69) is 10.3 Å². The van der Waals surface area contributed by atoms with E-state index >= 15 is 0 Å². The third kappa shape index (κ3) is 5.08. The molecule has 3 aromatic rings. The molecule has 140 valence electrons. The van der Waals surface area contributed by atoms with Gasteiger partial charge >= 0.3 is 0 Å². The van der Waals surface area contributed by atoms with Crippen molar-refractivity contribution in [2.75, 3.05) is 11.9 Å². The molecule has 0 saturated carbocycles. The summed E-state index contributed by atoms with van der Waals surface area (Å²) in [5.41, 5.74) is 2.92. The second kappa shape index (κ2) is 8.68. The van der Waals surface area contributed by atoms with Gasteiger partial charge in [-0.15, -0.1) is 11.3 Å². The Balaban J connectivity index is 1.60. The van der Waals surface area contributed by atoms with E-state index in [0.29, 0.717) is 17.5 Å². The molecule has 27 heavy (non-hydrogen) atoms. The second-order valence-corrected chi connectivity index (χ2v) is 6.92. The summed E-state index contributed by atoms with van der Waals surface area (Å²) >= 11 is 1.38. The van der Waals surface area contributed by atoms with Crippen LogP contribution in [0.4, 0.5) is 5.13 Å². The number of benzene rings is 2. The molecule has 0 aliphatic heterocycles. The van der Waals surface area contributed by atoms with Crippen LogP contribution in [0.25, 0.3) is 11.3 Å². The molecule has 1 amide bonds. The lowest BCUT2D eigenvalue weighted by molar-refractivity contribution is -0.122. The highest BCUT2D eigenvalue weighted by Gasteiger charge is 2.16. The SMILES string of the molecule is CCOc1ccc(-c2csc(NC(=O)C(C)Oc3ccc(C)cc3)n2)cc1. The third-order valence-electron chi connectivity index (χ3n) is 3.90. The Kier molecular flexibility index (Phi) is 6.08. The predicted octanol–water partition coefficient (Wildman–Crippen LogP) is 4.92. The zero-order valence-electron chi connectivity index (χ0n) is 15.6. The minimum Gasteiger partial charge on any atom is -0.494 e. The first-order chi connectivity index (χ1) is 13.0. The monoisotopic (exact) mass is 382 g/mol. The standard InChI is InChI=1S/C21H22N2O3S/c1-4-25-17-11-7-16(8-12-17)19-13-27-21(22-19)23-20(24)15(3)26-18-9-5-14(2)6-10-18/h5-13,15H,4H2,1-3H3,(H,22,23,24). The summed E-state index contributed by atoms with van der Waals surface area (Å²) in [6, 6.07) is 15.3. The molecule has 0 bridgehead atoms. The van der Waals surface area contributed by atoms with Gasteiger partial charge in [-0.2, -0.15) is 0 Å². The molecule has 3 rings (SSSR count). The van der Waals surface area contributed by atoms with E-state index in [1.54, 1.807) is 6.92 Å². The van der Waals surface area contributed by atoms with Gasteiger partial charge in [-0.1, -0.05) is 17.7 Å². The number of hydrogen-bond donors (Lipinski definition) is 1. The van der Waals surface area contributed by atoms with Gasteiger partial charge in [0.2, 0.25) is 0 Å². The number of carbonyl (C=O) groups is 1. The highest BCUT2D eigenvalue weighted by atomic mass is 32.1. The van der Waals surface area contributed by atoms with Crippen LogP contribution in [0.5, 0.6) is 11.5 Å². The number of anilines is 1. The summed E-state index contributed by atoms with van der Waals surface area (Å²) in [5, 5.41) is 5.27. The van der Waals surface area contributed by atoms with E-state index in [0.717, 1.165) is 22.6 Å². The van der Waals surface area contributed by atoms with E-state index in [1.165, 1.54) is 11.3 Å². The predicted molar refractivity (Wildman–Crippen MR) is 109 cm³/mol. The van der Waals surface area contributed by atoms with Crippen molar-refractivity contribution >= 4 is 22.4 Å². The zero-order chi connectivity index (χ0) is 19.2. The van der Waals surface area contributed by atoms with Gasteiger partial charge in [0.05, 0.1) is 12.3 Å². The number of thiazole rings is 1. The number of hydrogen-bond acceptors (Lipinski definition) is 5. The van der Waals surface area contributed by atoms with Crippen LogP contribution in [-0.4, -0.2) is 23.6 Å². The zero-order valence-corrected chi connectivity index (χ0v) is 16.4. The van der Waals surface area contributed by atoms with E-state index < -0.39 is 6.10 Å². The summed E-state index contributed by atoms with van der Waals surface area (Å²) in [6.45, 7) is 6.31. The fourth-order valence-corrected chi connectivity index (χ4v) is 3.16. The van der Waals surface area contributed by atoms with Gasteiger partial charge in [-0.05, 0) is 57.2 Å². The first-order valence-corrected chi connectivity index (χ1v) is 9.66. The minimum atomic E-state index is -0.620. The first-order valence-electron chi connectivity index (χ1n) is 8.78. The van der Waals surface area contributed by atoms with Crippen LogP contribution in [0.15, 0.2) is 53.9 Å². The van der Waals surface area contributed by atoms with Gasteiger partial charge in [-0.3, -0.25) is 10.1 Å². The molecule has 0 saturated heterocycles. The molecule has 2 aromatic carbocycles. The molecule has 1 aromatic heterocycles. The summed E-state index contributed by atoms with van der Waals surface area (Å²) in [4.78, 5) is 16.8. The maximum absolute atomic E-state index is 12.4. The highest BCUT2D eigenvalue weighted by Crippen LogP contribution is 2.26. The van der Waals surface area contributed by atoms with Crippen LogP contribution in [0, 0.1) is 6.92 Å². The van der Waals surface area contributed by atoms with Crippen molar-refractivity contribution in [3.05, 3.63) is 59.5 Å². The van der Waals surface area contributed by atoms with E-state index in [-0.39, 0.29) is 5.91 Å². The van der Waals surface area contributed by atoms with Gasteiger partial charge in [0, 0.05) is 10.9 Å². The fourth-order valence-electron chi connectivity index (χ4n) is 2.43. The number of amides is 1. The molecular formula is C21H22N2O3S. The van der Waals surface area contributed by atoms with Crippen LogP contribution in [-0.2, 0) is 4.79 Å². The molecule has 0 radical (unpaired) electrons. The Labute approximate surface area is 163 Å². The maximum atomic E-state index is 12.4. The molecule has 1 unspecified atom stereocenters. The largest absolute Gasteiger partial charge is 0.494 e. The molecule has 0 aliphatic rings. The Hall–Kier alpha value is -2.86. The molecule has 0 spiro atoms. The van der Waals surface area contributed by atoms with Crippen LogP contribution < -0.4 is 14.8 Å². The lowest BCUT2D eigenvalue weighted by Crippen LogP contribution is -2.30. The van der Waals surface area contributed by atoms with Gasteiger partial charge in [0.25, 0.3) is 5.91 Å². The second-order valence-electron chi connectivity index (χ2n) is 6.06. The normalized spacial score (nSPS) is 11.7. The number of nitrogens with one attached hydrogen (secondary N) is 1. The van der Waals surface area contributed by atoms with Crippen molar-refractivity contribution in [3.63, 3.8) is 0 Å². The summed E-state index contributed by atoms with van der Waals surface area (Å²) < 4.78 is 11.1. The fraction of sp³-hybridized carbons (Fsp3) is 0.238. The van der Waals surface area contributed by atoms with Crippen LogP contribution >= 0.6 is 11.3 Å². The summed E-state index contributed by atoms with van der Waals surface area (Å²) in [6.07, 6.45) is -0.620. The van der Waals surface area contributed by atoms with Crippen molar-refractivity contribution in [2.45, 2.75) is 26.9 Å². The number of ether oxygens (including phenoxy) is 2. The molecule has 1 heterocycles. The number of nitrogens with zero attached hydrogens (tertiary/aromatic N) is 1. The lowest BCUT2D eigenvalue weighted by Gasteiger charge is -2.13.